The quantitative estimate of drug-likeness (QED) is 0.712. The second kappa shape index (κ2) is 9.12. The van der Waals surface area contributed by atoms with Crippen LogP contribution in [0.25, 0.3) is 0 Å². The van der Waals surface area contributed by atoms with E-state index in [2.05, 4.69) is 0 Å². The van der Waals surface area contributed by atoms with Gasteiger partial charge in [0.1, 0.15) is 19.0 Å². The molecule has 0 bridgehead atoms. The molecule has 0 unspecified atom stereocenters. The second-order valence-corrected chi connectivity index (χ2v) is 5.14. The minimum absolute atomic E-state index is 0.0437. The van der Waals surface area contributed by atoms with Gasteiger partial charge in [-0.25, -0.2) is 0 Å². The molecule has 1 fully saturated rings. The van der Waals surface area contributed by atoms with E-state index in [0.717, 1.165) is 5.75 Å². The number of nitrogens with zero attached hydrogens (tertiary/aromatic N) is 1. The van der Waals surface area contributed by atoms with Crippen LogP contribution in [0.2, 0.25) is 0 Å². The maximum Gasteiger partial charge on any atom is 0.306 e. The molecule has 0 aromatic heterocycles. The van der Waals surface area contributed by atoms with Crippen molar-refractivity contribution in [1.82, 2.24) is 4.90 Å². The van der Waals surface area contributed by atoms with Crippen LogP contribution in [-0.2, 0) is 19.1 Å². The summed E-state index contributed by atoms with van der Waals surface area (Å²) in [6, 6.07) is 9.36. The summed E-state index contributed by atoms with van der Waals surface area (Å²) in [6.45, 7) is 1.72. The first kappa shape index (κ1) is 17.2. The monoisotopic (exact) mass is 323 g/mol. The van der Waals surface area contributed by atoms with Crippen molar-refractivity contribution in [3.8, 4) is 5.75 Å². The number of carboxylic acids is 1. The van der Waals surface area contributed by atoms with Gasteiger partial charge in [0.25, 0.3) is 0 Å². The molecule has 1 N–H and O–H groups in total. The lowest BCUT2D eigenvalue weighted by Gasteiger charge is -2.32. The van der Waals surface area contributed by atoms with Crippen LogP contribution >= 0.6 is 0 Å². The lowest BCUT2D eigenvalue weighted by atomic mass is 10.2. The van der Waals surface area contributed by atoms with E-state index in [1.165, 1.54) is 0 Å². The highest BCUT2D eigenvalue weighted by Gasteiger charge is 2.25. The van der Waals surface area contributed by atoms with Gasteiger partial charge < -0.3 is 24.2 Å². The molecule has 7 nitrogen and oxygen atoms in total. The highest BCUT2D eigenvalue weighted by atomic mass is 16.5. The van der Waals surface area contributed by atoms with E-state index in [4.69, 9.17) is 19.3 Å². The van der Waals surface area contributed by atoms with Gasteiger partial charge in [0.15, 0.2) is 0 Å². The summed E-state index contributed by atoms with van der Waals surface area (Å²) in [7, 11) is 0. The Morgan fingerprint density at radius 2 is 2.04 bits per heavy atom. The van der Waals surface area contributed by atoms with Gasteiger partial charge in [-0.15, -0.1) is 0 Å². The molecule has 7 heteroatoms. The van der Waals surface area contributed by atoms with Crippen LogP contribution in [-0.4, -0.2) is 67.5 Å². The van der Waals surface area contributed by atoms with E-state index >= 15 is 0 Å². The molecule has 0 spiro atoms. The van der Waals surface area contributed by atoms with Crippen LogP contribution < -0.4 is 4.74 Å². The molecular weight excluding hydrogens is 302 g/mol. The van der Waals surface area contributed by atoms with Crippen molar-refractivity contribution in [1.29, 1.82) is 0 Å². The molecule has 1 heterocycles. The third-order valence-electron chi connectivity index (χ3n) is 3.36. The van der Waals surface area contributed by atoms with E-state index in [1.807, 2.05) is 30.3 Å². The van der Waals surface area contributed by atoms with Gasteiger partial charge in [-0.2, -0.15) is 0 Å². The molecular formula is C16H21NO6. The average Bonchev–Trinajstić information content (AvgIpc) is 2.55. The normalized spacial score (nSPS) is 17.7. The Morgan fingerprint density at radius 1 is 1.26 bits per heavy atom. The van der Waals surface area contributed by atoms with Crippen molar-refractivity contribution in [2.24, 2.45) is 0 Å². The minimum atomic E-state index is -0.932. The number of hydrogen-bond acceptors (Lipinski definition) is 5. The SMILES string of the molecule is O=C(O)C[C@H]1CN(C(=O)COCCOc2ccccc2)CCO1. The number of carbonyl (C=O) groups is 2. The predicted molar refractivity (Wildman–Crippen MR) is 81.3 cm³/mol. The maximum absolute atomic E-state index is 12.0. The molecule has 1 aromatic carbocycles. The Morgan fingerprint density at radius 3 is 2.78 bits per heavy atom. The zero-order chi connectivity index (χ0) is 16.5. The zero-order valence-electron chi connectivity index (χ0n) is 12.8. The number of aliphatic carboxylic acids is 1. The summed E-state index contributed by atoms with van der Waals surface area (Å²) in [5.41, 5.74) is 0. The smallest absolute Gasteiger partial charge is 0.306 e. The Kier molecular flexibility index (Phi) is 6.83. The summed E-state index contributed by atoms with van der Waals surface area (Å²) in [5.74, 6) is -0.339. The van der Waals surface area contributed by atoms with Crippen molar-refractivity contribution < 1.29 is 28.9 Å². The molecule has 0 aliphatic carbocycles. The molecule has 0 radical (unpaired) electrons. The third kappa shape index (κ3) is 6.25. The number of carboxylic acid groups (broad SMARTS) is 1. The highest BCUT2D eigenvalue weighted by Crippen LogP contribution is 2.09. The average molecular weight is 323 g/mol. The van der Waals surface area contributed by atoms with E-state index in [9.17, 15) is 9.59 Å². The van der Waals surface area contributed by atoms with Gasteiger partial charge in [-0.05, 0) is 12.1 Å². The van der Waals surface area contributed by atoms with Crippen LogP contribution in [0.4, 0.5) is 0 Å². The first-order valence-corrected chi connectivity index (χ1v) is 7.52. The van der Waals surface area contributed by atoms with Crippen LogP contribution in [0.15, 0.2) is 30.3 Å². The van der Waals surface area contributed by atoms with Crippen LogP contribution in [0.1, 0.15) is 6.42 Å². The number of hydrogen-bond donors (Lipinski definition) is 1. The lowest BCUT2D eigenvalue weighted by Crippen LogP contribution is -2.47. The molecule has 1 atom stereocenters. The third-order valence-corrected chi connectivity index (χ3v) is 3.36. The van der Waals surface area contributed by atoms with Gasteiger partial charge in [-0.1, -0.05) is 18.2 Å². The van der Waals surface area contributed by atoms with Crippen molar-refractivity contribution in [2.45, 2.75) is 12.5 Å². The first-order chi connectivity index (χ1) is 11.1. The van der Waals surface area contributed by atoms with Gasteiger partial charge >= 0.3 is 5.97 Å². The number of amides is 1. The zero-order valence-corrected chi connectivity index (χ0v) is 12.8. The van der Waals surface area contributed by atoms with Crippen LogP contribution in [0, 0.1) is 0 Å². The fourth-order valence-electron chi connectivity index (χ4n) is 2.25. The van der Waals surface area contributed by atoms with Crippen molar-refractivity contribution in [3.05, 3.63) is 30.3 Å². The summed E-state index contributed by atoms with van der Waals surface area (Å²) in [4.78, 5) is 24.3. The largest absolute Gasteiger partial charge is 0.491 e. The standard InChI is InChI=1S/C16H21NO6/c18-15(17-6-7-22-14(11-17)10-16(19)20)12-21-8-9-23-13-4-2-1-3-5-13/h1-5,14H,6-12H2,(H,19,20)/t14-/m0/s1. The number of benzene rings is 1. The Balaban J connectivity index is 1.61. The fraction of sp³-hybridized carbons (Fsp3) is 0.500. The number of rotatable bonds is 8. The number of para-hydroxylation sites is 1. The number of morpholine rings is 1. The first-order valence-electron chi connectivity index (χ1n) is 7.52. The van der Waals surface area contributed by atoms with Crippen molar-refractivity contribution in [3.63, 3.8) is 0 Å². The van der Waals surface area contributed by atoms with Gasteiger partial charge in [0.05, 0.1) is 25.7 Å². The van der Waals surface area contributed by atoms with E-state index < -0.39 is 12.1 Å². The van der Waals surface area contributed by atoms with Crippen molar-refractivity contribution in [2.75, 3.05) is 39.5 Å². The molecule has 1 aromatic rings. The summed E-state index contributed by atoms with van der Waals surface area (Å²) in [5, 5.41) is 8.76. The Labute approximate surface area is 134 Å². The molecule has 2 rings (SSSR count). The van der Waals surface area contributed by atoms with E-state index in [1.54, 1.807) is 4.90 Å². The topological polar surface area (TPSA) is 85.3 Å². The van der Waals surface area contributed by atoms with Crippen LogP contribution in [0.3, 0.4) is 0 Å². The summed E-state index contributed by atoms with van der Waals surface area (Å²) >= 11 is 0. The fourth-order valence-corrected chi connectivity index (χ4v) is 2.25. The Hall–Kier alpha value is -2.12. The predicted octanol–water partition coefficient (Wildman–Crippen LogP) is 0.784. The summed E-state index contributed by atoms with van der Waals surface area (Å²) in [6.07, 6.45) is -0.554. The van der Waals surface area contributed by atoms with Crippen molar-refractivity contribution >= 4 is 11.9 Å². The molecule has 23 heavy (non-hydrogen) atoms. The molecule has 1 aliphatic heterocycles. The molecule has 1 saturated heterocycles. The molecule has 0 saturated carbocycles. The highest BCUT2D eigenvalue weighted by molar-refractivity contribution is 5.77. The van der Waals surface area contributed by atoms with Crippen LogP contribution in [0.5, 0.6) is 5.75 Å². The number of carbonyl (C=O) groups excluding carboxylic acids is 1. The molecule has 126 valence electrons. The van der Waals surface area contributed by atoms with Gasteiger partial charge in [-0.3, -0.25) is 9.59 Å². The maximum atomic E-state index is 12.0. The van der Waals surface area contributed by atoms with Gasteiger partial charge in [0, 0.05) is 13.1 Å². The van der Waals surface area contributed by atoms with E-state index in [-0.39, 0.29) is 25.5 Å². The Bertz CT molecular complexity index is 507. The number of ether oxygens (including phenoxy) is 3. The van der Waals surface area contributed by atoms with E-state index in [0.29, 0.717) is 26.4 Å². The minimum Gasteiger partial charge on any atom is -0.491 e. The lowest BCUT2D eigenvalue weighted by molar-refractivity contribution is -0.150. The second-order valence-electron chi connectivity index (χ2n) is 5.14. The van der Waals surface area contributed by atoms with Gasteiger partial charge in [0.2, 0.25) is 5.91 Å². The summed E-state index contributed by atoms with van der Waals surface area (Å²) < 4.78 is 16.1. The molecule has 1 aliphatic rings. The molecule has 1 amide bonds.